The van der Waals surface area contributed by atoms with Gasteiger partial charge in [-0.05, 0) is 24.5 Å². The van der Waals surface area contributed by atoms with E-state index in [2.05, 4.69) is 12.2 Å². The molecule has 1 aromatic carbocycles. The average molecular weight is 236 g/mol. The Kier molecular flexibility index (Phi) is 5.49. The molecule has 0 saturated heterocycles. The van der Waals surface area contributed by atoms with Gasteiger partial charge >= 0.3 is 0 Å². The van der Waals surface area contributed by atoms with Crippen molar-refractivity contribution in [2.45, 2.75) is 25.8 Å². The van der Waals surface area contributed by atoms with E-state index in [0.717, 1.165) is 24.2 Å². The number of likely N-dealkylation sites (N-methyl/N-ethyl adjacent to an activating group) is 1. The van der Waals surface area contributed by atoms with Crippen LogP contribution in [0.4, 0.5) is 0 Å². The van der Waals surface area contributed by atoms with E-state index in [1.807, 2.05) is 24.3 Å². The maximum atomic E-state index is 11.1. The molecule has 0 heterocycles. The Labute approximate surface area is 102 Å². The smallest absolute Gasteiger partial charge is 0.257 e. The standard InChI is InChI=1S/C13H20N2O2/c1-3-11(14)8-10-6-4-5-7-12(10)17-9-13(16)15-2/h4-7,11H,3,8-9,14H2,1-2H3,(H,15,16). The van der Waals surface area contributed by atoms with Crippen LogP contribution in [-0.4, -0.2) is 25.6 Å². The molecule has 17 heavy (non-hydrogen) atoms. The number of hydrogen-bond donors (Lipinski definition) is 2. The van der Waals surface area contributed by atoms with Gasteiger partial charge < -0.3 is 15.8 Å². The van der Waals surface area contributed by atoms with Crippen LogP contribution in [0.25, 0.3) is 0 Å². The minimum Gasteiger partial charge on any atom is -0.483 e. The molecule has 1 amide bonds. The van der Waals surface area contributed by atoms with Crippen LogP contribution in [-0.2, 0) is 11.2 Å². The highest BCUT2D eigenvalue weighted by atomic mass is 16.5. The van der Waals surface area contributed by atoms with Crippen molar-refractivity contribution < 1.29 is 9.53 Å². The molecule has 4 nitrogen and oxygen atoms in total. The summed E-state index contributed by atoms with van der Waals surface area (Å²) in [6, 6.07) is 7.81. The molecule has 1 atom stereocenters. The number of carbonyl (C=O) groups excluding carboxylic acids is 1. The van der Waals surface area contributed by atoms with Crippen molar-refractivity contribution in [2.75, 3.05) is 13.7 Å². The van der Waals surface area contributed by atoms with Gasteiger partial charge in [0.2, 0.25) is 0 Å². The summed E-state index contributed by atoms with van der Waals surface area (Å²) in [6.45, 7) is 2.09. The average Bonchev–Trinajstić information content (AvgIpc) is 2.37. The van der Waals surface area contributed by atoms with Crippen LogP contribution in [0.5, 0.6) is 5.75 Å². The van der Waals surface area contributed by atoms with Crippen molar-refractivity contribution in [2.24, 2.45) is 5.73 Å². The number of nitrogens with one attached hydrogen (secondary N) is 1. The lowest BCUT2D eigenvalue weighted by Crippen LogP contribution is -2.26. The minimum atomic E-state index is -0.139. The molecule has 94 valence electrons. The Morgan fingerprint density at radius 3 is 2.82 bits per heavy atom. The molecule has 0 bridgehead atoms. The van der Waals surface area contributed by atoms with Crippen LogP contribution in [0.3, 0.4) is 0 Å². The van der Waals surface area contributed by atoms with Crippen molar-refractivity contribution >= 4 is 5.91 Å². The van der Waals surface area contributed by atoms with Crippen molar-refractivity contribution in [3.05, 3.63) is 29.8 Å². The highest BCUT2D eigenvalue weighted by Crippen LogP contribution is 2.19. The number of benzene rings is 1. The largest absolute Gasteiger partial charge is 0.483 e. The Balaban J connectivity index is 2.67. The summed E-state index contributed by atoms with van der Waals surface area (Å²) in [5.74, 6) is 0.597. The molecule has 0 aromatic heterocycles. The van der Waals surface area contributed by atoms with Crippen molar-refractivity contribution in [3.63, 3.8) is 0 Å². The van der Waals surface area contributed by atoms with E-state index in [1.54, 1.807) is 7.05 Å². The third-order valence-corrected chi connectivity index (χ3v) is 2.62. The number of rotatable bonds is 6. The van der Waals surface area contributed by atoms with E-state index in [9.17, 15) is 4.79 Å². The van der Waals surface area contributed by atoms with Crippen molar-refractivity contribution in [1.29, 1.82) is 0 Å². The molecular formula is C13H20N2O2. The van der Waals surface area contributed by atoms with Crippen molar-refractivity contribution in [3.8, 4) is 5.75 Å². The summed E-state index contributed by atoms with van der Waals surface area (Å²) in [5.41, 5.74) is 6.97. The molecule has 0 spiro atoms. The zero-order chi connectivity index (χ0) is 12.7. The molecule has 1 unspecified atom stereocenters. The predicted molar refractivity (Wildman–Crippen MR) is 68.0 cm³/mol. The summed E-state index contributed by atoms with van der Waals surface area (Å²) in [5, 5.41) is 2.52. The Morgan fingerprint density at radius 2 is 2.18 bits per heavy atom. The Bertz CT molecular complexity index is 366. The number of para-hydroxylation sites is 1. The zero-order valence-electron chi connectivity index (χ0n) is 10.4. The van der Waals surface area contributed by atoms with Gasteiger partial charge in [0, 0.05) is 13.1 Å². The van der Waals surface area contributed by atoms with E-state index in [1.165, 1.54) is 0 Å². The van der Waals surface area contributed by atoms with E-state index in [0.29, 0.717) is 0 Å². The van der Waals surface area contributed by atoms with Gasteiger partial charge in [-0.2, -0.15) is 0 Å². The molecule has 0 aliphatic carbocycles. The number of hydrogen-bond acceptors (Lipinski definition) is 3. The second-order valence-corrected chi connectivity index (χ2v) is 3.94. The molecule has 0 fully saturated rings. The number of nitrogens with two attached hydrogens (primary N) is 1. The van der Waals surface area contributed by atoms with Crippen LogP contribution in [0.2, 0.25) is 0 Å². The molecular weight excluding hydrogens is 216 g/mol. The number of carbonyl (C=O) groups is 1. The lowest BCUT2D eigenvalue weighted by molar-refractivity contribution is -0.122. The molecule has 0 aliphatic heterocycles. The molecule has 0 saturated carbocycles. The first kappa shape index (κ1) is 13.5. The lowest BCUT2D eigenvalue weighted by Gasteiger charge is -2.13. The Hall–Kier alpha value is -1.55. The van der Waals surface area contributed by atoms with Crippen LogP contribution in [0, 0.1) is 0 Å². The number of ether oxygens (including phenoxy) is 1. The van der Waals surface area contributed by atoms with E-state index in [-0.39, 0.29) is 18.6 Å². The first-order valence-electron chi connectivity index (χ1n) is 5.84. The predicted octanol–water partition coefficient (Wildman–Crippen LogP) is 1.09. The summed E-state index contributed by atoms with van der Waals surface area (Å²) >= 11 is 0. The first-order valence-corrected chi connectivity index (χ1v) is 5.84. The normalized spacial score (nSPS) is 11.9. The maximum absolute atomic E-state index is 11.1. The molecule has 1 aromatic rings. The van der Waals surface area contributed by atoms with Gasteiger partial charge in [-0.1, -0.05) is 25.1 Å². The minimum absolute atomic E-state index is 0.0366. The van der Waals surface area contributed by atoms with Crippen LogP contribution >= 0.6 is 0 Å². The van der Waals surface area contributed by atoms with Gasteiger partial charge in [0.15, 0.2) is 6.61 Å². The van der Waals surface area contributed by atoms with Gasteiger partial charge in [0.25, 0.3) is 5.91 Å². The fourth-order valence-corrected chi connectivity index (χ4v) is 1.46. The highest BCUT2D eigenvalue weighted by Gasteiger charge is 2.08. The highest BCUT2D eigenvalue weighted by molar-refractivity contribution is 5.77. The van der Waals surface area contributed by atoms with Gasteiger partial charge in [-0.25, -0.2) is 0 Å². The fraction of sp³-hybridized carbons (Fsp3) is 0.462. The number of amides is 1. The maximum Gasteiger partial charge on any atom is 0.257 e. The third-order valence-electron chi connectivity index (χ3n) is 2.62. The van der Waals surface area contributed by atoms with Gasteiger partial charge in [0.05, 0.1) is 0 Å². The lowest BCUT2D eigenvalue weighted by atomic mass is 10.0. The van der Waals surface area contributed by atoms with E-state index >= 15 is 0 Å². The summed E-state index contributed by atoms with van der Waals surface area (Å²) in [4.78, 5) is 11.1. The summed E-state index contributed by atoms with van der Waals surface area (Å²) in [7, 11) is 1.59. The van der Waals surface area contributed by atoms with Gasteiger partial charge in [0.1, 0.15) is 5.75 Å². The quantitative estimate of drug-likeness (QED) is 0.777. The SMILES string of the molecule is CCC(N)Cc1ccccc1OCC(=O)NC. The fourth-order valence-electron chi connectivity index (χ4n) is 1.46. The zero-order valence-corrected chi connectivity index (χ0v) is 10.4. The first-order chi connectivity index (χ1) is 8.17. The third kappa shape index (κ3) is 4.44. The molecule has 0 radical (unpaired) electrons. The van der Waals surface area contributed by atoms with Crippen LogP contribution in [0.1, 0.15) is 18.9 Å². The van der Waals surface area contributed by atoms with Gasteiger partial charge in [-0.3, -0.25) is 4.79 Å². The van der Waals surface area contributed by atoms with Crippen LogP contribution < -0.4 is 15.8 Å². The monoisotopic (exact) mass is 236 g/mol. The Morgan fingerprint density at radius 1 is 1.47 bits per heavy atom. The summed E-state index contributed by atoms with van der Waals surface area (Å²) in [6.07, 6.45) is 1.68. The van der Waals surface area contributed by atoms with Crippen molar-refractivity contribution in [1.82, 2.24) is 5.32 Å². The molecule has 4 heteroatoms. The second-order valence-electron chi connectivity index (χ2n) is 3.94. The molecule has 0 aliphatic rings. The second kappa shape index (κ2) is 6.91. The van der Waals surface area contributed by atoms with Gasteiger partial charge in [-0.15, -0.1) is 0 Å². The van der Waals surface area contributed by atoms with E-state index < -0.39 is 0 Å². The molecule has 1 rings (SSSR count). The van der Waals surface area contributed by atoms with E-state index in [4.69, 9.17) is 10.5 Å². The summed E-state index contributed by atoms with van der Waals surface area (Å²) < 4.78 is 5.47. The topological polar surface area (TPSA) is 64.3 Å². The molecule has 3 N–H and O–H groups in total. The van der Waals surface area contributed by atoms with Crippen LogP contribution in [0.15, 0.2) is 24.3 Å².